The third-order valence-corrected chi connectivity index (χ3v) is 2.37. The fraction of sp³-hybridized carbons (Fsp3) is 1.00. The normalized spacial score (nSPS) is 51.7. The summed E-state index contributed by atoms with van der Waals surface area (Å²) >= 11 is 0. The van der Waals surface area contributed by atoms with Gasteiger partial charge in [0.1, 0.15) is 18.3 Å². The molecule has 2 saturated heterocycles. The van der Waals surface area contributed by atoms with Gasteiger partial charge in [-0.1, -0.05) is 0 Å². The molecule has 82 valence electrons. The molecule has 5 heteroatoms. The highest BCUT2D eigenvalue weighted by Crippen LogP contribution is 2.38. The predicted molar refractivity (Wildman–Crippen MR) is 46.6 cm³/mol. The molecular formula is C9H16O5. The van der Waals surface area contributed by atoms with Crippen LogP contribution < -0.4 is 0 Å². The third-order valence-electron chi connectivity index (χ3n) is 2.37. The quantitative estimate of drug-likeness (QED) is 0.680. The van der Waals surface area contributed by atoms with E-state index in [1.54, 1.807) is 13.8 Å². The lowest BCUT2D eigenvalue weighted by Gasteiger charge is -2.22. The van der Waals surface area contributed by atoms with Crippen LogP contribution in [-0.4, -0.2) is 49.2 Å². The van der Waals surface area contributed by atoms with Gasteiger partial charge in [0.2, 0.25) is 0 Å². The number of rotatable bonds is 2. The second-order valence-electron chi connectivity index (χ2n) is 3.87. The SMILES string of the molecule is [2H][C@]1(CO)O[C@@H](OC)[C@@H]2OC(C)(C)O[C@@H]21. The van der Waals surface area contributed by atoms with E-state index in [0.717, 1.165) is 0 Å². The molecule has 0 bridgehead atoms. The molecule has 5 nitrogen and oxygen atoms in total. The number of hydrogen-bond donors (Lipinski definition) is 1. The first-order valence-corrected chi connectivity index (χ1v) is 4.59. The number of aliphatic hydroxyl groups excluding tert-OH is 1. The minimum absolute atomic E-state index is 0.451. The summed E-state index contributed by atoms with van der Waals surface area (Å²) in [7, 11) is 1.47. The van der Waals surface area contributed by atoms with Gasteiger partial charge in [-0.15, -0.1) is 0 Å². The summed E-state index contributed by atoms with van der Waals surface area (Å²) in [6.07, 6.45) is -3.25. The Hall–Kier alpha value is -0.200. The van der Waals surface area contributed by atoms with Crippen LogP contribution in [0.3, 0.4) is 0 Å². The highest BCUT2D eigenvalue weighted by molar-refractivity contribution is 4.94. The van der Waals surface area contributed by atoms with Crippen molar-refractivity contribution >= 4 is 0 Å². The average Bonchev–Trinajstić information content (AvgIpc) is 2.61. The van der Waals surface area contributed by atoms with Crippen LogP contribution >= 0.6 is 0 Å². The van der Waals surface area contributed by atoms with E-state index in [4.69, 9.17) is 25.4 Å². The van der Waals surface area contributed by atoms with Gasteiger partial charge in [0.15, 0.2) is 12.1 Å². The molecule has 0 saturated carbocycles. The van der Waals surface area contributed by atoms with E-state index < -0.39 is 37.0 Å². The van der Waals surface area contributed by atoms with Crippen LogP contribution in [0, 0.1) is 0 Å². The molecule has 2 aliphatic rings. The molecular weight excluding hydrogens is 188 g/mol. The van der Waals surface area contributed by atoms with Gasteiger partial charge < -0.3 is 24.1 Å². The van der Waals surface area contributed by atoms with Gasteiger partial charge in [-0.05, 0) is 13.8 Å². The standard InChI is InChI=1S/C9H16O5/c1-9(2)13-6-5(4-10)12-8(11-3)7(6)14-9/h5-8,10H,4H2,1-3H3/t5-,6-,7-,8-/m1/s1/i5D. The van der Waals surface area contributed by atoms with Gasteiger partial charge >= 0.3 is 0 Å². The molecule has 0 aromatic heterocycles. The predicted octanol–water partition coefficient (Wildman–Crippen LogP) is -0.130. The molecule has 0 aromatic rings. The van der Waals surface area contributed by atoms with Crippen LogP contribution in [0.2, 0.25) is 0 Å². The van der Waals surface area contributed by atoms with E-state index >= 15 is 0 Å². The Morgan fingerprint density at radius 3 is 2.64 bits per heavy atom. The van der Waals surface area contributed by atoms with Crippen molar-refractivity contribution in [2.75, 3.05) is 13.7 Å². The average molecular weight is 205 g/mol. The molecule has 14 heavy (non-hydrogen) atoms. The summed E-state index contributed by atoms with van der Waals surface area (Å²) in [6, 6.07) is 0. The van der Waals surface area contributed by atoms with E-state index in [1.807, 2.05) is 0 Å². The molecule has 0 aliphatic carbocycles. The number of hydrogen-bond acceptors (Lipinski definition) is 5. The van der Waals surface area contributed by atoms with Gasteiger partial charge in [-0.3, -0.25) is 0 Å². The van der Waals surface area contributed by atoms with Crippen molar-refractivity contribution in [2.45, 2.75) is 44.2 Å². The summed E-state index contributed by atoms with van der Waals surface area (Å²) in [5, 5.41) is 9.15. The summed E-state index contributed by atoms with van der Waals surface area (Å²) in [4.78, 5) is 0. The smallest absolute Gasteiger partial charge is 0.186 e. The second kappa shape index (κ2) is 3.43. The highest BCUT2D eigenvalue weighted by Gasteiger charge is 2.55. The van der Waals surface area contributed by atoms with E-state index in [1.165, 1.54) is 7.11 Å². The molecule has 2 aliphatic heterocycles. The lowest BCUT2D eigenvalue weighted by Crippen LogP contribution is -2.31. The Morgan fingerprint density at radius 2 is 2.07 bits per heavy atom. The Bertz CT molecular complexity index is 259. The van der Waals surface area contributed by atoms with Crippen molar-refractivity contribution < 1.29 is 25.4 Å². The van der Waals surface area contributed by atoms with E-state index in [-0.39, 0.29) is 0 Å². The van der Waals surface area contributed by atoms with Crippen molar-refractivity contribution in [1.29, 1.82) is 0 Å². The maximum Gasteiger partial charge on any atom is 0.186 e. The number of fused-ring (bicyclic) bond motifs is 1. The minimum atomic E-state index is -1.50. The van der Waals surface area contributed by atoms with Crippen molar-refractivity contribution in [3.63, 3.8) is 0 Å². The monoisotopic (exact) mass is 205 g/mol. The molecule has 2 heterocycles. The minimum Gasteiger partial charge on any atom is -0.394 e. The summed E-state index contributed by atoms with van der Waals surface area (Å²) < 4.78 is 29.3. The molecule has 2 fully saturated rings. The Labute approximate surface area is 84.3 Å². The van der Waals surface area contributed by atoms with Gasteiger partial charge in [-0.25, -0.2) is 0 Å². The first kappa shape index (κ1) is 9.06. The Balaban J connectivity index is 2.23. The first-order chi connectivity index (χ1) is 6.92. The number of ether oxygens (including phenoxy) is 4. The molecule has 0 amide bonds. The largest absolute Gasteiger partial charge is 0.394 e. The molecule has 2 rings (SSSR count). The molecule has 1 N–H and O–H groups in total. The van der Waals surface area contributed by atoms with Crippen molar-refractivity contribution in [3.8, 4) is 0 Å². The number of methoxy groups -OCH3 is 1. The van der Waals surface area contributed by atoms with E-state index in [9.17, 15) is 0 Å². The molecule has 0 unspecified atom stereocenters. The Kier molecular flexibility index (Phi) is 2.22. The summed E-state index contributed by atoms with van der Waals surface area (Å²) in [5.41, 5.74) is 0. The van der Waals surface area contributed by atoms with Crippen LogP contribution in [-0.2, 0) is 18.9 Å². The molecule has 0 radical (unpaired) electrons. The third kappa shape index (κ3) is 1.55. The van der Waals surface area contributed by atoms with Crippen LogP contribution in [0.5, 0.6) is 0 Å². The first-order valence-electron chi connectivity index (χ1n) is 5.09. The molecule has 0 spiro atoms. The van der Waals surface area contributed by atoms with Crippen LogP contribution in [0.1, 0.15) is 15.2 Å². The maximum atomic E-state index is 9.15. The topological polar surface area (TPSA) is 57.2 Å². The van der Waals surface area contributed by atoms with E-state index in [2.05, 4.69) is 0 Å². The van der Waals surface area contributed by atoms with Crippen LogP contribution in [0.4, 0.5) is 0 Å². The zero-order valence-electron chi connectivity index (χ0n) is 9.52. The second-order valence-corrected chi connectivity index (χ2v) is 3.87. The summed E-state index contributed by atoms with van der Waals surface area (Å²) in [5.74, 6) is -0.767. The summed E-state index contributed by atoms with van der Waals surface area (Å²) in [6.45, 7) is 3.07. The lowest BCUT2D eigenvalue weighted by molar-refractivity contribution is -0.230. The molecule has 4 atom stereocenters. The zero-order chi connectivity index (χ0) is 11.3. The van der Waals surface area contributed by atoms with Gasteiger partial charge in [0, 0.05) is 7.11 Å². The Morgan fingerprint density at radius 1 is 1.43 bits per heavy atom. The fourth-order valence-corrected chi connectivity index (χ4v) is 1.83. The fourth-order valence-electron chi connectivity index (χ4n) is 1.83. The highest BCUT2D eigenvalue weighted by atomic mass is 16.8. The zero-order valence-corrected chi connectivity index (χ0v) is 8.52. The van der Waals surface area contributed by atoms with Crippen molar-refractivity contribution in [3.05, 3.63) is 0 Å². The number of aliphatic hydroxyl groups is 1. The van der Waals surface area contributed by atoms with Crippen LogP contribution in [0.25, 0.3) is 0 Å². The van der Waals surface area contributed by atoms with Gasteiger partial charge in [0.05, 0.1) is 7.98 Å². The van der Waals surface area contributed by atoms with Gasteiger partial charge in [0.25, 0.3) is 0 Å². The van der Waals surface area contributed by atoms with Crippen molar-refractivity contribution in [2.24, 2.45) is 0 Å². The van der Waals surface area contributed by atoms with E-state index in [0.29, 0.717) is 0 Å². The molecule has 0 aromatic carbocycles. The maximum absolute atomic E-state index is 9.15. The van der Waals surface area contributed by atoms with Crippen molar-refractivity contribution in [1.82, 2.24) is 0 Å². The lowest BCUT2D eigenvalue weighted by atomic mass is 10.1. The van der Waals surface area contributed by atoms with Crippen LogP contribution in [0.15, 0.2) is 0 Å². The van der Waals surface area contributed by atoms with Gasteiger partial charge in [-0.2, -0.15) is 0 Å².